The van der Waals surface area contributed by atoms with Gasteiger partial charge in [-0.15, -0.1) is 0 Å². The Kier molecular flexibility index (Phi) is 5.10. The van der Waals surface area contributed by atoms with Gasteiger partial charge in [0, 0.05) is 48.0 Å². The molecular weight excluding hydrogens is 352 g/mol. The summed E-state index contributed by atoms with van der Waals surface area (Å²) in [6, 6.07) is 16.7. The molecule has 3 aromatic rings. The molecule has 6 heteroatoms. The molecule has 6 nitrogen and oxygen atoms in total. The summed E-state index contributed by atoms with van der Waals surface area (Å²) in [5, 5.41) is 11.2. The molecule has 3 heterocycles. The minimum absolute atomic E-state index is 0.0845. The zero-order chi connectivity index (χ0) is 19.3. The van der Waals surface area contributed by atoms with Crippen molar-refractivity contribution in [2.45, 2.75) is 19.3 Å². The van der Waals surface area contributed by atoms with Crippen LogP contribution in [0.3, 0.4) is 0 Å². The van der Waals surface area contributed by atoms with Crippen LogP contribution >= 0.6 is 0 Å². The van der Waals surface area contributed by atoms with E-state index in [0.29, 0.717) is 6.54 Å². The number of nitrogens with zero attached hydrogens (tertiary/aromatic N) is 4. The van der Waals surface area contributed by atoms with Crippen LogP contribution in [0.4, 0.5) is 17.2 Å². The van der Waals surface area contributed by atoms with Crippen molar-refractivity contribution in [1.29, 1.82) is 0 Å². The molecule has 0 unspecified atom stereocenters. The predicted octanol–water partition coefficient (Wildman–Crippen LogP) is 4.94. The summed E-state index contributed by atoms with van der Waals surface area (Å²) in [6.45, 7) is 0.674. The van der Waals surface area contributed by atoms with Gasteiger partial charge in [0.1, 0.15) is 5.82 Å². The summed E-state index contributed by atoms with van der Waals surface area (Å²) in [5.41, 5.74) is 4.28. The van der Waals surface area contributed by atoms with E-state index in [1.807, 2.05) is 42.6 Å². The van der Waals surface area contributed by atoms with Crippen molar-refractivity contribution in [3.8, 4) is 0 Å². The Morgan fingerprint density at radius 2 is 1.89 bits per heavy atom. The van der Waals surface area contributed by atoms with Gasteiger partial charge in [-0.25, -0.2) is 4.98 Å². The Hall–Kier alpha value is -3.54. The fraction of sp³-hybridized carbons (Fsp3) is 0.182. The Bertz CT molecular complexity index is 1020. The molecule has 0 saturated carbocycles. The SMILES string of the molecule is O=[N+]([O-])c1cccc(N2CC(CCCc3ccccn3)=Cc3cccnc32)c1. The lowest BCUT2D eigenvalue weighted by atomic mass is 9.99. The first-order chi connectivity index (χ1) is 13.7. The van der Waals surface area contributed by atoms with Gasteiger partial charge < -0.3 is 4.90 Å². The third kappa shape index (κ3) is 3.91. The van der Waals surface area contributed by atoms with Crippen LogP contribution in [-0.4, -0.2) is 21.4 Å². The number of nitro groups is 1. The van der Waals surface area contributed by atoms with Gasteiger partial charge in [0.2, 0.25) is 0 Å². The second kappa shape index (κ2) is 8.00. The minimum Gasteiger partial charge on any atom is -0.322 e. The molecule has 0 saturated heterocycles. The van der Waals surface area contributed by atoms with Crippen molar-refractivity contribution < 1.29 is 4.92 Å². The Morgan fingerprint density at radius 3 is 2.71 bits per heavy atom. The molecule has 0 fully saturated rings. The summed E-state index contributed by atoms with van der Waals surface area (Å²) < 4.78 is 0. The number of benzene rings is 1. The van der Waals surface area contributed by atoms with Crippen LogP contribution in [0.5, 0.6) is 0 Å². The number of hydrogen-bond acceptors (Lipinski definition) is 5. The van der Waals surface area contributed by atoms with Gasteiger partial charge in [-0.1, -0.05) is 18.2 Å². The number of fused-ring (bicyclic) bond motifs is 1. The number of aryl methyl sites for hydroxylation is 1. The molecule has 0 radical (unpaired) electrons. The average Bonchev–Trinajstić information content (AvgIpc) is 2.74. The van der Waals surface area contributed by atoms with E-state index in [1.54, 1.807) is 18.3 Å². The fourth-order valence-corrected chi connectivity index (χ4v) is 3.47. The maximum absolute atomic E-state index is 11.2. The Morgan fingerprint density at radius 1 is 1.00 bits per heavy atom. The molecule has 0 spiro atoms. The van der Waals surface area contributed by atoms with Crippen molar-refractivity contribution in [3.63, 3.8) is 0 Å². The monoisotopic (exact) mass is 372 g/mol. The average molecular weight is 372 g/mol. The van der Waals surface area contributed by atoms with Crippen molar-refractivity contribution in [2.24, 2.45) is 0 Å². The van der Waals surface area contributed by atoms with E-state index in [1.165, 1.54) is 11.6 Å². The molecule has 0 bridgehead atoms. The van der Waals surface area contributed by atoms with Crippen molar-refractivity contribution in [1.82, 2.24) is 9.97 Å². The van der Waals surface area contributed by atoms with E-state index in [0.717, 1.165) is 42.0 Å². The first-order valence-corrected chi connectivity index (χ1v) is 9.27. The lowest BCUT2D eigenvalue weighted by Crippen LogP contribution is -2.25. The first kappa shape index (κ1) is 17.9. The molecule has 2 aromatic heterocycles. The zero-order valence-corrected chi connectivity index (χ0v) is 15.4. The zero-order valence-electron chi connectivity index (χ0n) is 15.4. The molecule has 28 heavy (non-hydrogen) atoms. The molecular formula is C22H20N4O2. The summed E-state index contributed by atoms with van der Waals surface area (Å²) in [5.74, 6) is 0.830. The van der Waals surface area contributed by atoms with Crippen LogP contribution in [0.2, 0.25) is 0 Å². The first-order valence-electron chi connectivity index (χ1n) is 9.27. The van der Waals surface area contributed by atoms with Crippen molar-refractivity contribution in [3.05, 3.63) is 93.9 Å². The smallest absolute Gasteiger partial charge is 0.271 e. The van der Waals surface area contributed by atoms with Crippen LogP contribution < -0.4 is 4.90 Å². The molecule has 0 atom stereocenters. The van der Waals surface area contributed by atoms with E-state index >= 15 is 0 Å². The summed E-state index contributed by atoms with van der Waals surface area (Å²) >= 11 is 0. The number of non-ortho nitro benzene ring substituents is 1. The highest BCUT2D eigenvalue weighted by Crippen LogP contribution is 2.35. The van der Waals surface area contributed by atoms with Gasteiger partial charge in [-0.05, 0) is 55.2 Å². The topological polar surface area (TPSA) is 72.2 Å². The molecule has 4 rings (SSSR count). The lowest BCUT2D eigenvalue weighted by molar-refractivity contribution is -0.384. The second-order valence-electron chi connectivity index (χ2n) is 6.76. The van der Waals surface area contributed by atoms with Gasteiger partial charge in [0.05, 0.1) is 4.92 Å². The normalized spacial score (nSPS) is 13.0. The van der Waals surface area contributed by atoms with Crippen LogP contribution in [0.25, 0.3) is 6.08 Å². The number of pyridine rings is 2. The molecule has 1 aliphatic rings. The summed E-state index contributed by atoms with van der Waals surface area (Å²) in [4.78, 5) is 21.8. The lowest BCUT2D eigenvalue weighted by Gasteiger charge is -2.30. The van der Waals surface area contributed by atoms with Crippen LogP contribution in [-0.2, 0) is 6.42 Å². The second-order valence-corrected chi connectivity index (χ2v) is 6.76. The Balaban J connectivity index is 1.56. The third-order valence-electron chi connectivity index (χ3n) is 4.80. The number of aromatic nitrogens is 2. The largest absolute Gasteiger partial charge is 0.322 e. The number of rotatable bonds is 6. The van der Waals surface area contributed by atoms with E-state index in [2.05, 4.69) is 20.9 Å². The maximum atomic E-state index is 11.2. The van der Waals surface area contributed by atoms with E-state index < -0.39 is 0 Å². The highest BCUT2D eigenvalue weighted by atomic mass is 16.6. The summed E-state index contributed by atoms with van der Waals surface area (Å²) in [6.07, 6.45) is 8.63. The highest BCUT2D eigenvalue weighted by molar-refractivity contribution is 5.77. The predicted molar refractivity (Wildman–Crippen MR) is 109 cm³/mol. The maximum Gasteiger partial charge on any atom is 0.271 e. The molecule has 0 N–H and O–H groups in total. The van der Waals surface area contributed by atoms with Gasteiger partial charge >= 0.3 is 0 Å². The van der Waals surface area contributed by atoms with Crippen LogP contribution in [0.15, 0.2) is 72.6 Å². The quantitative estimate of drug-likeness (QED) is 0.452. The molecule has 1 aromatic carbocycles. The van der Waals surface area contributed by atoms with E-state index in [-0.39, 0.29) is 10.6 Å². The minimum atomic E-state index is -0.365. The summed E-state index contributed by atoms with van der Waals surface area (Å²) in [7, 11) is 0. The van der Waals surface area contributed by atoms with E-state index in [4.69, 9.17) is 0 Å². The third-order valence-corrected chi connectivity index (χ3v) is 4.80. The fourth-order valence-electron chi connectivity index (χ4n) is 3.47. The van der Waals surface area contributed by atoms with E-state index in [9.17, 15) is 10.1 Å². The van der Waals surface area contributed by atoms with Gasteiger partial charge in [0.25, 0.3) is 5.69 Å². The van der Waals surface area contributed by atoms with Crippen molar-refractivity contribution >= 4 is 23.3 Å². The van der Waals surface area contributed by atoms with Gasteiger partial charge in [0.15, 0.2) is 0 Å². The van der Waals surface area contributed by atoms with Gasteiger partial charge in [-0.3, -0.25) is 15.1 Å². The number of anilines is 2. The highest BCUT2D eigenvalue weighted by Gasteiger charge is 2.21. The van der Waals surface area contributed by atoms with Crippen molar-refractivity contribution in [2.75, 3.05) is 11.4 Å². The number of nitro benzene ring substituents is 1. The molecule has 1 aliphatic heterocycles. The standard InChI is InChI=1S/C22H20N4O2/c27-26(28)21-11-4-10-20(15-21)25-16-17(14-18-7-5-13-24-22(18)25)6-3-9-19-8-1-2-12-23-19/h1-2,4-5,7-8,10-15H,3,6,9,16H2. The molecule has 140 valence electrons. The number of hydrogen-bond donors (Lipinski definition) is 0. The van der Waals surface area contributed by atoms with Gasteiger partial charge in [-0.2, -0.15) is 0 Å². The Labute approximate surface area is 163 Å². The van der Waals surface area contributed by atoms with Crippen LogP contribution in [0, 0.1) is 10.1 Å². The molecule has 0 amide bonds. The van der Waals surface area contributed by atoms with Crippen LogP contribution in [0.1, 0.15) is 24.1 Å². The molecule has 0 aliphatic carbocycles.